The van der Waals surface area contributed by atoms with Gasteiger partial charge in [-0.05, 0) is 43.3 Å². The molecule has 4 nitrogen and oxygen atoms in total. The average molecular weight is 300 g/mol. The van der Waals surface area contributed by atoms with Crippen molar-refractivity contribution in [2.24, 2.45) is 5.92 Å². The Bertz CT molecular complexity index is 480. The molecule has 0 bridgehead atoms. The third-order valence-electron chi connectivity index (χ3n) is 3.35. The fourth-order valence-electron chi connectivity index (χ4n) is 2.32. The molecule has 1 saturated heterocycles. The second kappa shape index (κ2) is 7.03. The van der Waals surface area contributed by atoms with Crippen LogP contribution in [-0.2, 0) is 12.8 Å². The quantitative estimate of drug-likeness (QED) is 0.922. The van der Waals surface area contributed by atoms with Crippen LogP contribution in [0.2, 0.25) is 0 Å². The van der Waals surface area contributed by atoms with E-state index in [1.54, 1.807) is 11.3 Å². The monoisotopic (exact) mass is 299 g/mol. The van der Waals surface area contributed by atoms with Crippen LogP contribution < -0.4 is 5.32 Å². The summed E-state index contributed by atoms with van der Waals surface area (Å²) in [5.41, 5.74) is 0. The fraction of sp³-hybridized carbons (Fsp3) is 0.538. The molecule has 1 aliphatic heterocycles. The highest BCUT2D eigenvalue weighted by atomic mass is 35.5. The van der Waals surface area contributed by atoms with E-state index in [-0.39, 0.29) is 12.4 Å². The molecule has 0 aromatic carbocycles. The first-order chi connectivity index (χ1) is 8.90. The molecule has 1 aliphatic rings. The van der Waals surface area contributed by atoms with Gasteiger partial charge in [0.05, 0.1) is 0 Å². The number of halogens is 1. The standard InChI is InChI=1S/C13H17N3OS.ClH/c1-2-11(18-7-1)8-12-15-13(17-16-12)4-3-10-5-6-14-9-10;/h1-2,7,10,14H,3-6,8-9H2;1H. The molecular formula is C13H18ClN3OS. The summed E-state index contributed by atoms with van der Waals surface area (Å²) in [5, 5.41) is 9.49. The molecule has 6 heteroatoms. The van der Waals surface area contributed by atoms with Gasteiger partial charge in [0.2, 0.25) is 5.89 Å². The Morgan fingerprint density at radius 1 is 1.47 bits per heavy atom. The van der Waals surface area contributed by atoms with E-state index < -0.39 is 0 Å². The Kier molecular flexibility index (Phi) is 5.36. The average Bonchev–Trinajstić information content (AvgIpc) is 3.09. The molecule has 0 aliphatic carbocycles. The summed E-state index contributed by atoms with van der Waals surface area (Å²) in [6.07, 6.45) is 4.11. The van der Waals surface area contributed by atoms with Crippen molar-refractivity contribution < 1.29 is 4.52 Å². The van der Waals surface area contributed by atoms with Crippen LogP contribution in [0, 0.1) is 5.92 Å². The zero-order valence-corrected chi connectivity index (χ0v) is 12.3. The van der Waals surface area contributed by atoms with Gasteiger partial charge in [-0.1, -0.05) is 11.2 Å². The summed E-state index contributed by atoms with van der Waals surface area (Å²) in [6, 6.07) is 4.15. The van der Waals surface area contributed by atoms with Crippen LogP contribution in [0.25, 0.3) is 0 Å². The van der Waals surface area contributed by atoms with Gasteiger partial charge >= 0.3 is 0 Å². The van der Waals surface area contributed by atoms with Crippen molar-refractivity contribution in [1.82, 2.24) is 15.5 Å². The van der Waals surface area contributed by atoms with Crippen LogP contribution in [0.15, 0.2) is 22.0 Å². The predicted octanol–water partition coefficient (Wildman–Crippen LogP) is 2.69. The summed E-state index contributed by atoms with van der Waals surface area (Å²) in [6.45, 7) is 2.29. The number of rotatable bonds is 5. The van der Waals surface area contributed by atoms with E-state index in [0.717, 1.165) is 50.0 Å². The Labute approximate surface area is 123 Å². The summed E-state index contributed by atoms with van der Waals surface area (Å²) in [7, 11) is 0. The number of thiophene rings is 1. The minimum Gasteiger partial charge on any atom is -0.339 e. The highest BCUT2D eigenvalue weighted by molar-refractivity contribution is 7.09. The van der Waals surface area contributed by atoms with Crippen LogP contribution in [0.3, 0.4) is 0 Å². The van der Waals surface area contributed by atoms with Gasteiger partial charge in [-0.3, -0.25) is 0 Å². The zero-order valence-electron chi connectivity index (χ0n) is 10.7. The number of nitrogens with one attached hydrogen (secondary N) is 1. The molecule has 0 saturated carbocycles. The Balaban J connectivity index is 0.00000133. The van der Waals surface area contributed by atoms with E-state index >= 15 is 0 Å². The maximum Gasteiger partial charge on any atom is 0.226 e. The Morgan fingerprint density at radius 2 is 2.42 bits per heavy atom. The summed E-state index contributed by atoms with van der Waals surface area (Å²) >= 11 is 1.73. The number of hydrogen-bond acceptors (Lipinski definition) is 5. The zero-order chi connectivity index (χ0) is 12.2. The number of hydrogen-bond donors (Lipinski definition) is 1. The lowest BCUT2D eigenvalue weighted by Gasteiger charge is -2.03. The van der Waals surface area contributed by atoms with Crippen molar-refractivity contribution in [2.75, 3.05) is 13.1 Å². The molecule has 1 fully saturated rings. The van der Waals surface area contributed by atoms with Gasteiger partial charge in [-0.2, -0.15) is 4.98 Å². The molecule has 3 rings (SSSR count). The number of nitrogens with zero attached hydrogens (tertiary/aromatic N) is 2. The molecule has 104 valence electrons. The van der Waals surface area contributed by atoms with Crippen molar-refractivity contribution in [3.05, 3.63) is 34.1 Å². The van der Waals surface area contributed by atoms with Crippen molar-refractivity contribution in [2.45, 2.75) is 25.7 Å². The molecule has 2 aromatic heterocycles. The van der Waals surface area contributed by atoms with Crippen LogP contribution in [0.5, 0.6) is 0 Å². The van der Waals surface area contributed by atoms with Crippen molar-refractivity contribution in [1.29, 1.82) is 0 Å². The van der Waals surface area contributed by atoms with Crippen LogP contribution >= 0.6 is 23.7 Å². The smallest absolute Gasteiger partial charge is 0.226 e. The number of aromatic nitrogens is 2. The first-order valence-corrected chi connectivity index (χ1v) is 7.32. The predicted molar refractivity (Wildman–Crippen MR) is 78.0 cm³/mol. The van der Waals surface area contributed by atoms with Gasteiger partial charge in [0.1, 0.15) is 0 Å². The van der Waals surface area contributed by atoms with Gasteiger partial charge in [-0.15, -0.1) is 23.7 Å². The van der Waals surface area contributed by atoms with E-state index in [9.17, 15) is 0 Å². The second-order valence-corrected chi connectivity index (χ2v) is 5.79. The van der Waals surface area contributed by atoms with Gasteiger partial charge in [0.15, 0.2) is 5.82 Å². The molecule has 0 spiro atoms. The molecule has 1 unspecified atom stereocenters. The molecule has 0 radical (unpaired) electrons. The first-order valence-electron chi connectivity index (χ1n) is 6.45. The molecule has 3 heterocycles. The minimum absolute atomic E-state index is 0. The minimum atomic E-state index is 0. The van der Waals surface area contributed by atoms with E-state index in [1.807, 2.05) is 6.07 Å². The van der Waals surface area contributed by atoms with Gasteiger partial charge in [0, 0.05) is 17.7 Å². The SMILES string of the molecule is Cl.c1csc(Cc2noc(CCC3CCNC3)n2)c1. The summed E-state index contributed by atoms with van der Waals surface area (Å²) in [4.78, 5) is 5.73. The Morgan fingerprint density at radius 3 is 3.16 bits per heavy atom. The van der Waals surface area contributed by atoms with Crippen LogP contribution in [-0.4, -0.2) is 23.2 Å². The lowest BCUT2D eigenvalue weighted by Crippen LogP contribution is -2.09. The van der Waals surface area contributed by atoms with Crippen molar-refractivity contribution >= 4 is 23.7 Å². The molecule has 19 heavy (non-hydrogen) atoms. The van der Waals surface area contributed by atoms with Gasteiger partial charge in [-0.25, -0.2) is 0 Å². The molecule has 1 atom stereocenters. The third-order valence-corrected chi connectivity index (χ3v) is 4.23. The Hall–Kier alpha value is -0.910. The fourth-order valence-corrected chi connectivity index (χ4v) is 3.02. The summed E-state index contributed by atoms with van der Waals surface area (Å²) < 4.78 is 5.30. The number of aryl methyl sites for hydroxylation is 1. The second-order valence-electron chi connectivity index (χ2n) is 4.76. The van der Waals surface area contributed by atoms with Gasteiger partial charge < -0.3 is 9.84 Å². The molecule has 1 N–H and O–H groups in total. The van der Waals surface area contributed by atoms with E-state index in [0.29, 0.717) is 0 Å². The van der Waals surface area contributed by atoms with Crippen LogP contribution in [0.1, 0.15) is 29.4 Å². The lowest BCUT2D eigenvalue weighted by molar-refractivity contribution is 0.361. The van der Waals surface area contributed by atoms with Crippen LogP contribution in [0.4, 0.5) is 0 Å². The third kappa shape index (κ3) is 4.03. The van der Waals surface area contributed by atoms with E-state index in [2.05, 4.69) is 26.9 Å². The largest absolute Gasteiger partial charge is 0.339 e. The molecular weight excluding hydrogens is 282 g/mol. The lowest BCUT2D eigenvalue weighted by atomic mass is 10.0. The highest BCUT2D eigenvalue weighted by Crippen LogP contribution is 2.16. The highest BCUT2D eigenvalue weighted by Gasteiger charge is 2.16. The maximum absolute atomic E-state index is 5.30. The molecule has 0 amide bonds. The maximum atomic E-state index is 5.30. The normalized spacial score (nSPS) is 18.4. The van der Waals surface area contributed by atoms with Gasteiger partial charge in [0.25, 0.3) is 0 Å². The van der Waals surface area contributed by atoms with E-state index in [4.69, 9.17) is 4.52 Å². The first kappa shape index (κ1) is 14.5. The summed E-state index contributed by atoms with van der Waals surface area (Å²) in [5.74, 6) is 2.36. The molecule has 2 aromatic rings. The van der Waals surface area contributed by atoms with E-state index in [1.165, 1.54) is 11.3 Å². The van der Waals surface area contributed by atoms with Crippen molar-refractivity contribution in [3.8, 4) is 0 Å². The topological polar surface area (TPSA) is 51.0 Å². The van der Waals surface area contributed by atoms with Crippen molar-refractivity contribution in [3.63, 3.8) is 0 Å².